The van der Waals surface area contributed by atoms with Crippen LogP contribution in [0.5, 0.6) is 0 Å². The summed E-state index contributed by atoms with van der Waals surface area (Å²) in [5.41, 5.74) is 6.98. The zero-order valence-corrected chi connectivity index (χ0v) is 8.83. The maximum atomic E-state index is 8.58. The van der Waals surface area contributed by atoms with Gasteiger partial charge in [-0.3, -0.25) is 4.98 Å². The van der Waals surface area contributed by atoms with Crippen LogP contribution in [0, 0.1) is 0 Å². The Labute approximate surface area is 93.3 Å². The molecule has 3 N–H and O–H groups in total. The zero-order valence-electron chi connectivity index (χ0n) is 8.83. The number of anilines is 1. The van der Waals surface area contributed by atoms with Crippen LogP contribution in [0.2, 0.25) is 0 Å². The number of nitrogens with two attached hydrogens (primary N) is 1. The smallest absolute Gasteiger partial charge is 0.188 e. The van der Waals surface area contributed by atoms with Crippen LogP contribution in [-0.2, 0) is 4.74 Å². The van der Waals surface area contributed by atoms with Crippen molar-refractivity contribution in [3.63, 3.8) is 0 Å². The van der Waals surface area contributed by atoms with Crippen LogP contribution in [0.1, 0.15) is 5.69 Å². The predicted molar refractivity (Wildman–Crippen MR) is 59.8 cm³/mol. The number of amidine groups is 1. The summed E-state index contributed by atoms with van der Waals surface area (Å²) in [6.45, 7) is 3.14. The van der Waals surface area contributed by atoms with Crippen LogP contribution in [0.3, 0.4) is 0 Å². The summed E-state index contributed by atoms with van der Waals surface area (Å²) >= 11 is 0. The average molecular weight is 222 g/mol. The quantitative estimate of drug-likeness (QED) is 0.319. The molecule has 1 aliphatic rings. The monoisotopic (exact) mass is 222 g/mol. The van der Waals surface area contributed by atoms with Gasteiger partial charge in [0.05, 0.1) is 13.2 Å². The zero-order chi connectivity index (χ0) is 11.4. The molecule has 0 spiro atoms. The van der Waals surface area contributed by atoms with E-state index in [1.54, 1.807) is 12.3 Å². The fourth-order valence-corrected chi connectivity index (χ4v) is 1.63. The van der Waals surface area contributed by atoms with Crippen LogP contribution in [0.25, 0.3) is 0 Å². The maximum absolute atomic E-state index is 8.58. The average Bonchev–Trinajstić information content (AvgIpc) is 2.39. The van der Waals surface area contributed by atoms with Gasteiger partial charge in [-0.15, -0.1) is 0 Å². The van der Waals surface area contributed by atoms with Gasteiger partial charge in [0, 0.05) is 25.0 Å². The molecule has 1 saturated heterocycles. The molecule has 0 radical (unpaired) electrons. The lowest BCUT2D eigenvalue weighted by Gasteiger charge is -2.28. The lowest BCUT2D eigenvalue weighted by atomic mass is 10.2. The van der Waals surface area contributed by atoms with Crippen molar-refractivity contribution >= 4 is 11.5 Å². The Hall–Kier alpha value is -1.82. The molecule has 16 heavy (non-hydrogen) atoms. The number of oxime groups is 1. The van der Waals surface area contributed by atoms with E-state index in [1.807, 2.05) is 6.07 Å². The molecule has 86 valence electrons. The normalized spacial score (nSPS) is 17.5. The summed E-state index contributed by atoms with van der Waals surface area (Å²) in [6.07, 6.45) is 1.65. The van der Waals surface area contributed by atoms with E-state index < -0.39 is 0 Å². The van der Waals surface area contributed by atoms with Crippen LogP contribution >= 0.6 is 0 Å². The third-order valence-electron chi connectivity index (χ3n) is 2.49. The summed E-state index contributed by atoms with van der Waals surface area (Å²) in [5, 5.41) is 11.5. The van der Waals surface area contributed by atoms with E-state index in [4.69, 9.17) is 15.7 Å². The number of pyridine rings is 1. The lowest BCUT2D eigenvalue weighted by molar-refractivity contribution is 0.122. The Morgan fingerprint density at radius 2 is 2.25 bits per heavy atom. The molecule has 0 aromatic carbocycles. The van der Waals surface area contributed by atoms with Gasteiger partial charge in [-0.1, -0.05) is 5.16 Å². The van der Waals surface area contributed by atoms with E-state index in [0.29, 0.717) is 5.69 Å². The topological polar surface area (TPSA) is 84.0 Å². The molecule has 1 aromatic heterocycles. The molecule has 6 heteroatoms. The van der Waals surface area contributed by atoms with Gasteiger partial charge >= 0.3 is 0 Å². The number of hydrogen-bond donors (Lipinski definition) is 2. The standard InChI is InChI=1S/C10H14N4O2/c11-10(13-15)9-7-8(1-2-12-9)14-3-5-16-6-4-14/h1-2,7,15H,3-6H2,(H2,11,13). The molecule has 0 atom stereocenters. The molecule has 2 rings (SSSR count). The van der Waals surface area contributed by atoms with Crippen molar-refractivity contribution in [2.24, 2.45) is 10.9 Å². The fourth-order valence-electron chi connectivity index (χ4n) is 1.63. The third-order valence-corrected chi connectivity index (χ3v) is 2.49. The molecule has 0 unspecified atom stereocenters. The van der Waals surface area contributed by atoms with Gasteiger partial charge in [-0.05, 0) is 12.1 Å². The van der Waals surface area contributed by atoms with E-state index in [9.17, 15) is 0 Å². The van der Waals surface area contributed by atoms with Gasteiger partial charge in [0.15, 0.2) is 5.84 Å². The van der Waals surface area contributed by atoms with E-state index in [0.717, 1.165) is 32.0 Å². The second-order valence-corrected chi connectivity index (χ2v) is 3.48. The molecule has 1 aliphatic heterocycles. The molecule has 0 bridgehead atoms. The van der Waals surface area contributed by atoms with Crippen LogP contribution in [-0.4, -0.2) is 42.3 Å². The Morgan fingerprint density at radius 1 is 1.50 bits per heavy atom. The molecule has 0 saturated carbocycles. The van der Waals surface area contributed by atoms with Gasteiger partial charge in [0.1, 0.15) is 5.69 Å². The fraction of sp³-hybridized carbons (Fsp3) is 0.400. The van der Waals surface area contributed by atoms with Crippen molar-refractivity contribution in [2.75, 3.05) is 31.2 Å². The first-order valence-electron chi connectivity index (χ1n) is 5.08. The lowest BCUT2D eigenvalue weighted by Crippen LogP contribution is -2.36. The highest BCUT2D eigenvalue weighted by atomic mass is 16.5. The molecule has 6 nitrogen and oxygen atoms in total. The van der Waals surface area contributed by atoms with Gasteiger partial charge in [-0.25, -0.2) is 0 Å². The first kappa shape index (κ1) is 10.7. The van der Waals surface area contributed by atoms with Crippen LogP contribution < -0.4 is 10.6 Å². The molecule has 1 fully saturated rings. The molecule has 1 aromatic rings. The number of morpholine rings is 1. The summed E-state index contributed by atoms with van der Waals surface area (Å²) in [5.74, 6) is 0.0232. The van der Waals surface area contributed by atoms with E-state index in [1.165, 1.54) is 0 Å². The highest BCUT2D eigenvalue weighted by molar-refractivity contribution is 5.95. The minimum absolute atomic E-state index is 0.0232. The Morgan fingerprint density at radius 3 is 2.94 bits per heavy atom. The molecule has 0 aliphatic carbocycles. The second kappa shape index (κ2) is 4.80. The first-order valence-corrected chi connectivity index (χ1v) is 5.08. The van der Waals surface area contributed by atoms with Gasteiger partial charge in [-0.2, -0.15) is 0 Å². The SMILES string of the molecule is NC(=NO)c1cc(N2CCOCC2)ccn1. The minimum atomic E-state index is 0.0232. The van der Waals surface area contributed by atoms with E-state index in [2.05, 4.69) is 15.0 Å². The number of ether oxygens (including phenoxy) is 1. The highest BCUT2D eigenvalue weighted by Gasteiger charge is 2.12. The van der Waals surface area contributed by atoms with Crippen molar-refractivity contribution < 1.29 is 9.94 Å². The van der Waals surface area contributed by atoms with E-state index in [-0.39, 0.29) is 5.84 Å². The minimum Gasteiger partial charge on any atom is -0.409 e. The Balaban J connectivity index is 2.21. The highest BCUT2D eigenvalue weighted by Crippen LogP contribution is 2.15. The molecule has 2 heterocycles. The molecular weight excluding hydrogens is 208 g/mol. The van der Waals surface area contributed by atoms with E-state index >= 15 is 0 Å². The third kappa shape index (κ3) is 2.22. The Bertz CT molecular complexity index is 388. The Kier molecular flexibility index (Phi) is 3.21. The van der Waals surface area contributed by atoms with Crippen LogP contribution in [0.15, 0.2) is 23.5 Å². The van der Waals surface area contributed by atoms with Crippen molar-refractivity contribution in [1.82, 2.24) is 4.98 Å². The first-order chi connectivity index (χ1) is 7.81. The number of hydrogen-bond acceptors (Lipinski definition) is 5. The summed E-state index contributed by atoms with van der Waals surface area (Å²) in [4.78, 5) is 6.21. The van der Waals surface area contributed by atoms with Gasteiger partial charge in [0.25, 0.3) is 0 Å². The van der Waals surface area contributed by atoms with Gasteiger partial charge < -0.3 is 20.6 Å². The van der Waals surface area contributed by atoms with Crippen molar-refractivity contribution in [3.05, 3.63) is 24.0 Å². The number of rotatable bonds is 2. The maximum Gasteiger partial charge on any atom is 0.188 e. The van der Waals surface area contributed by atoms with Crippen LogP contribution in [0.4, 0.5) is 5.69 Å². The molecular formula is C10H14N4O2. The number of nitrogens with zero attached hydrogens (tertiary/aromatic N) is 3. The number of aromatic nitrogens is 1. The summed E-state index contributed by atoms with van der Waals surface area (Å²) in [6, 6.07) is 3.71. The summed E-state index contributed by atoms with van der Waals surface area (Å²) in [7, 11) is 0. The molecule has 0 amide bonds. The largest absolute Gasteiger partial charge is 0.409 e. The van der Waals surface area contributed by atoms with Crippen molar-refractivity contribution in [1.29, 1.82) is 0 Å². The van der Waals surface area contributed by atoms with Crippen molar-refractivity contribution in [2.45, 2.75) is 0 Å². The summed E-state index contributed by atoms with van der Waals surface area (Å²) < 4.78 is 5.27. The van der Waals surface area contributed by atoms with Gasteiger partial charge in [0.2, 0.25) is 0 Å². The van der Waals surface area contributed by atoms with Crippen molar-refractivity contribution in [3.8, 4) is 0 Å². The second-order valence-electron chi connectivity index (χ2n) is 3.48. The predicted octanol–water partition coefficient (Wildman–Crippen LogP) is 0.0127.